The molecule has 3 aromatic carbocycles. The van der Waals surface area contributed by atoms with Crippen LogP contribution in [0.25, 0.3) is 0 Å². The summed E-state index contributed by atoms with van der Waals surface area (Å²) in [4.78, 5) is 52.1. The number of benzene rings is 3. The largest absolute Gasteiger partial charge is 0.465 e. The molecule has 0 aliphatic rings. The Hall–Kier alpha value is -4.46. The molecule has 0 N–H and O–H groups in total. The highest BCUT2D eigenvalue weighted by molar-refractivity contribution is 6.00. The van der Waals surface area contributed by atoms with Crippen LogP contribution >= 0.6 is 0 Å². The van der Waals surface area contributed by atoms with Crippen molar-refractivity contribution < 1.29 is 38.1 Å². The van der Waals surface area contributed by atoms with Gasteiger partial charge in [-0.15, -0.1) is 0 Å². The maximum absolute atomic E-state index is 14.1. The number of esters is 4. The van der Waals surface area contributed by atoms with Crippen molar-refractivity contribution in [2.24, 2.45) is 5.41 Å². The van der Waals surface area contributed by atoms with Crippen LogP contribution in [0, 0.1) is 5.41 Å². The van der Waals surface area contributed by atoms with Gasteiger partial charge < -0.3 is 18.9 Å². The van der Waals surface area contributed by atoms with Crippen molar-refractivity contribution in [3.8, 4) is 0 Å². The Bertz CT molecular complexity index is 1580. The minimum Gasteiger partial charge on any atom is -0.465 e. The van der Waals surface area contributed by atoms with Gasteiger partial charge in [0, 0.05) is 12.8 Å². The smallest absolute Gasteiger partial charge is 0.323 e. The number of unbranched alkanes of at least 4 members (excludes halogenated alkanes) is 23. The van der Waals surface area contributed by atoms with Crippen LogP contribution in [0.2, 0.25) is 0 Å². The summed E-state index contributed by atoms with van der Waals surface area (Å²) in [6, 6.07) is 29.3. The number of hydrogen-bond donors (Lipinski definition) is 0. The molecular weight excluding hydrogens is 825 g/mol. The van der Waals surface area contributed by atoms with Crippen LogP contribution in [0.5, 0.6) is 0 Å². The lowest BCUT2D eigenvalue weighted by Gasteiger charge is -2.30. The molecule has 0 fully saturated rings. The summed E-state index contributed by atoms with van der Waals surface area (Å²) in [7, 11) is 0. The highest BCUT2D eigenvalue weighted by atomic mass is 16.6. The molecule has 0 saturated carbocycles. The molecule has 0 heterocycles. The van der Waals surface area contributed by atoms with Gasteiger partial charge in [-0.25, -0.2) is 0 Å². The molecule has 3 aromatic rings. The van der Waals surface area contributed by atoms with Crippen LogP contribution in [0.4, 0.5) is 0 Å². The first-order chi connectivity index (χ1) is 32.4. The Balaban J connectivity index is 1.29. The van der Waals surface area contributed by atoms with Crippen LogP contribution in [0.15, 0.2) is 91.0 Å². The van der Waals surface area contributed by atoms with Gasteiger partial charge in [-0.2, -0.15) is 0 Å². The topological polar surface area (TPSA) is 105 Å². The van der Waals surface area contributed by atoms with E-state index in [1.165, 1.54) is 64.2 Å². The number of carbonyl (C=O) groups excluding carboxylic acids is 4. The molecule has 66 heavy (non-hydrogen) atoms. The Labute approximate surface area is 399 Å². The van der Waals surface area contributed by atoms with Crippen molar-refractivity contribution >= 4 is 23.9 Å². The van der Waals surface area contributed by atoms with Gasteiger partial charge in [0.05, 0.1) is 6.61 Å². The maximum atomic E-state index is 14.1. The predicted molar refractivity (Wildman–Crippen MR) is 266 cm³/mol. The first-order valence-electron chi connectivity index (χ1n) is 26.2. The zero-order valence-electron chi connectivity index (χ0n) is 41.0. The van der Waals surface area contributed by atoms with Gasteiger partial charge >= 0.3 is 23.9 Å². The first kappa shape index (κ1) is 55.9. The van der Waals surface area contributed by atoms with Crippen LogP contribution in [0.3, 0.4) is 0 Å². The summed E-state index contributed by atoms with van der Waals surface area (Å²) in [5, 5.41) is 0. The summed E-state index contributed by atoms with van der Waals surface area (Å²) in [5.74, 6) is -1.06. The lowest BCUT2D eigenvalue weighted by molar-refractivity contribution is -0.175. The third-order valence-corrected chi connectivity index (χ3v) is 12.7. The zero-order valence-corrected chi connectivity index (χ0v) is 41.0. The van der Waals surface area contributed by atoms with Crippen molar-refractivity contribution in [2.45, 2.75) is 219 Å². The van der Waals surface area contributed by atoms with Crippen LogP contribution < -0.4 is 0 Å². The standard InChI is InChI=1S/C58H86O8/c1-2-3-47-63-56(61)58(57(62)66-50-53-41-31-26-32-42-53,45-35-22-18-14-10-6-4-8-12-16-20-33-43-54(59)64-48-51-37-27-24-28-38-51)46-36-23-19-15-11-7-5-9-13-17-21-34-44-55(60)65-49-52-39-29-25-30-40-52/h24-32,37-42H,2-23,33-36,43-50H2,1H3. The van der Waals surface area contributed by atoms with Crippen molar-refractivity contribution in [1.29, 1.82) is 0 Å². The number of ether oxygens (including phenoxy) is 4. The van der Waals surface area contributed by atoms with E-state index in [-0.39, 0.29) is 18.5 Å². The predicted octanol–water partition coefficient (Wildman–Crippen LogP) is 15.5. The minimum absolute atomic E-state index is 0.110. The fourth-order valence-electron chi connectivity index (χ4n) is 8.47. The third-order valence-electron chi connectivity index (χ3n) is 12.7. The van der Waals surface area contributed by atoms with Gasteiger partial charge in [0.15, 0.2) is 5.41 Å². The highest BCUT2D eigenvalue weighted by Gasteiger charge is 2.48. The van der Waals surface area contributed by atoms with Gasteiger partial charge in [0.2, 0.25) is 0 Å². The molecule has 0 radical (unpaired) electrons. The van der Waals surface area contributed by atoms with Gasteiger partial charge in [0.1, 0.15) is 19.8 Å². The van der Waals surface area contributed by atoms with Gasteiger partial charge in [0.25, 0.3) is 0 Å². The molecule has 0 saturated heterocycles. The van der Waals surface area contributed by atoms with E-state index in [0.717, 1.165) is 119 Å². The molecule has 0 amide bonds. The quantitative estimate of drug-likeness (QED) is 0.0240. The third kappa shape index (κ3) is 26.6. The van der Waals surface area contributed by atoms with E-state index in [4.69, 9.17) is 18.9 Å². The molecule has 0 aromatic heterocycles. The SMILES string of the molecule is CCCCOC(=O)C(CCCCCCCCCCCCCCC(=O)OCc1ccccc1)(CCCCCCCCCCCCCCC(=O)OCc1ccccc1)C(=O)OCc1ccccc1. The average molecular weight is 911 g/mol. The highest BCUT2D eigenvalue weighted by Crippen LogP contribution is 2.36. The van der Waals surface area contributed by atoms with E-state index in [1.807, 2.05) is 91.0 Å². The van der Waals surface area contributed by atoms with E-state index in [9.17, 15) is 19.2 Å². The second-order valence-corrected chi connectivity index (χ2v) is 18.4. The van der Waals surface area contributed by atoms with Crippen molar-refractivity contribution in [3.63, 3.8) is 0 Å². The molecular formula is C58H86O8. The maximum Gasteiger partial charge on any atom is 0.323 e. The number of carbonyl (C=O) groups is 4. The van der Waals surface area contributed by atoms with Crippen molar-refractivity contribution in [1.82, 2.24) is 0 Å². The summed E-state index contributed by atoms with van der Waals surface area (Å²) < 4.78 is 22.6. The van der Waals surface area contributed by atoms with Crippen LogP contribution in [0.1, 0.15) is 216 Å². The summed E-state index contributed by atoms with van der Waals surface area (Å²) >= 11 is 0. The lowest BCUT2D eigenvalue weighted by atomic mass is 9.77. The second-order valence-electron chi connectivity index (χ2n) is 18.4. The fraction of sp³-hybridized carbons (Fsp3) is 0.621. The Morgan fingerprint density at radius 1 is 0.348 bits per heavy atom. The Kier molecular flexibility index (Phi) is 31.8. The van der Waals surface area contributed by atoms with E-state index in [0.29, 0.717) is 45.5 Å². The molecule has 3 rings (SSSR count). The Morgan fingerprint density at radius 3 is 0.970 bits per heavy atom. The van der Waals surface area contributed by atoms with E-state index < -0.39 is 17.4 Å². The molecule has 8 nitrogen and oxygen atoms in total. The molecule has 0 bridgehead atoms. The normalized spacial score (nSPS) is 11.3. The molecule has 8 heteroatoms. The number of hydrogen-bond acceptors (Lipinski definition) is 8. The van der Waals surface area contributed by atoms with E-state index in [1.54, 1.807) is 0 Å². The molecule has 366 valence electrons. The summed E-state index contributed by atoms with van der Waals surface area (Å²) in [6.07, 6.45) is 30.1. The van der Waals surface area contributed by atoms with Crippen LogP contribution in [-0.2, 0) is 57.9 Å². The summed E-state index contributed by atoms with van der Waals surface area (Å²) in [5.41, 5.74) is 1.68. The fourth-order valence-corrected chi connectivity index (χ4v) is 8.47. The second kappa shape index (κ2) is 37.6. The van der Waals surface area contributed by atoms with Crippen molar-refractivity contribution in [2.75, 3.05) is 6.61 Å². The van der Waals surface area contributed by atoms with E-state index in [2.05, 4.69) is 6.92 Å². The summed E-state index contributed by atoms with van der Waals surface area (Å²) in [6.45, 7) is 3.25. The van der Waals surface area contributed by atoms with E-state index >= 15 is 0 Å². The average Bonchev–Trinajstić information content (AvgIpc) is 3.34. The van der Waals surface area contributed by atoms with Crippen LogP contribution in [-0.4, -0.2) is 30.5 Å². The van der Waals surface area contributed by atoms with Crippen molar-refractivity contribution in [3.05, 3.63) is 108 Å². The Morgan fingerprint density at radius 2 is 0.636 bits per heavy atom. The zero-order chi connectivity index (χ0) is 47.0. The van der Waals surface area contributed by atoms with Gasteiger partial charge in [-0.1, -0.05) is 246 Å². The lowest BCUT2D eigenvalue weighted by Crippen LogP contribution is -2.42. The van der Waals surface area contributed by atoms with Gasteiger partial charge in [-0.05, 0) is 48.8 Å². The molecule has 0 unspecified atom stereocenters. The first-order valence-corrected chi connectivity index (χ1v) is 26.2. The molecule has 0 aliphatic carbocycles. The monoisotopic (exact) mass is 911 g/mol. The minimum atomic E-state index is -1.27. The molecule has 0 spiro atoms. The molecule has 0 atom stereocenters. The van der Waals surface area contributed by atoms with Gasteiger partial charge in [-0.3, -0.25) is 19.2 Å². The molecule has 0 aliphatic heterocycles. The number of rotatable bonds is 41.